The second-order valence-corrected chi connectivity index (χ2v) is 6.47. The summed E-state index contributed by atoms with van der Waals surface area (Å²) in [6, 6.07) is 7.96. The Labute approximate surface area is 120 Å². The Kier molecular flexibility index (Phi) is 3.22. The average Bonchev–Trinajstić information content (AvgIpc) is 2.37. The molecule has 0 unspecified atom stereocenters. The van der Waals surface area contributed by atoms with Crippen LogP contribution < -0.4 is 5.32 Å². The van der Waals surface area contributed by atoms with Gasteiger partial charge in [0.15, 0.2) is 0 Å². The maximum absolute atomic E-state index is 5.91. The number of nitrogens with zero attached hydrogens (tertiary/aromatic N) is 1. The first kappa shape index (κ1) is 12.9. The van der Waals surface area contributed by atoms with E-state index in [1.54, 1.807) is 0 Å². The van der Waals surface area contributed by atoms with Crippen molar-refractivity contribution in [3.8, 4) is 0 Å². The Morgan fingerprint density at radius 2 is 2.11 bits per heavy atom. The van der Waals surface area contributed by atoms with E-state index in [0.29, 0.717) is 5.54 Å². The van der Waals surface area contributed by atoms with E-state index in [1.165, 1.54) is 31.5 Å². The first-order valence-electron chi connectivity index (χ1n) is 7.02. The Morgan fingerprint density at radius 3 is 2.74 bits per heavy atom. The second kappa shape index (κ2) is 4.75. The average molecular weight is 277 g/mol. The van der Waals surface area contributed by atoms with Crippen LogP contribution in [0.4, 0.5) is 5.69 Å². The van der Waals surface area contributed by atoms with Crippen molar-refractivity contribution in [2.75, 3.05) is 18.4 Å². The molecular formula is C16H21ClN2. The highest BCUT2D eigenvalue weighted by Gasteiger charge is 2.51. The van der Waals surface area contributed by atoms with E-state index in [4.69, 9.17) is 11.6 Å². The number of halogens is 1. The molecule has 0 aromatic heterocycles. The SMILES string of the molecule is C=C(C)N1CCC2CC1(CNc1ccc(Cl)cc1)C2. The van der Waals surface area contributed by atoms with Crippen molar-refractivity contribution in [1.82, 2.24) is 4.90 Å². The Bertz CT molecular complexity index is 474. The molecule has 2 nitrogen and oxygen atoms in total. The lowest BCUT2D eigenvalue weighted by atomic mass is 9.62. The molecule has 1 aromatic rings. The van der Waals surface area contributed by atoms with Gasteiger partial charge in [-0.3, -0.25) is 0 Å². The summed E-state index contributed by atoms with van der Waals surface area (Å²) in [5.41, 5.74) is 2.65. The third-order valence-corrected chi connectivity index (χ3v) is 4.85. The molecule has 1 saturated carbocycles. The number of hydrogen-bond donors (Lipinski definition) is 1. The molecule has 102 valence electrons. The first-order chi connectivity index (χ1) is 9.09. The van der Waals surface area contributed by atoms with Gasteiger partial charge in [-0.1, -0.05) is 18.2 Å². The highest BCUT2D eigenvalue weighted by Crippen LogP contribution is 2.50. The summed E-state index contributed by atoms with van der Waals surface area (Å²) >= 11 is 5.91. The van der Waals surface area contributed by atoms with Crippen molar-refractivity contribution < 1.29 is 0 Å². The Balaban J connectivity index is 1.68. The largest absolute Gasteiger partial charge is 0.383 e. The minimum Gasteiger partial charge on any atom is -0.383 e. The van der Waals surface area contributed by atoms with Crippen LogP contribution >= 0.6 is 11.6 Å². The van der Waals surface area contributed by atoms with E-state index in [0.717, 1.165) is 23.2 Å². The number of rotatable bonds is 4. The van der Waals surface area contributed by atoms with Crippen LogP contribution in [0.25, 0.3) is 0 Å². The maximum Gasteiger partial charge on any atom is 0.0576 e. The van der Waals surface area contributed by atoms with Crippen molar-refractivity contribution in [2.45, 2.75) is 31.7 Å². The van der Waals surface area contributed by atoms with Gasteiger partial charge in [0.05, 0.1) is 5.54 Å². The lowest BCUT2D eigenvalue weighted by molar-refractivity contribution is -0.0453. The molecule has 3 heteroatoms. The summed E-state index contributed by atoms with van der Waals surface area (Å²) in [7, 11) is 0. The van der Waals surface area contributed by atoms with Crippen LogP contribution in [0.15, 0.2) is 36.5 Å². The third kappa shape index (κ3) is 2.34. The summed E-state index contributed by atoms with van der Waals surface area (Å²) in [5, 5.41) is 4.35. The van der Waals surface area contributed by atoms with Gasteiger partial charge in [-0.2, -0.15) is 0 Å². The Morgan fingerprint density at radius 1 is 1.42 bits per heavy atom. The number of fused-ring (bicyclic) bond motifs is 2. The molecule has 0 atom stereocenters. The molecular weight excluding hydrogens is 256 g/mol. The van der Waals surface area contributed by atoms with Crippen molar-refractivity contribution >= 4 is 17.3 Å². The molecule has 0 spiro atoms. The zero-order valence-electron chi connectivity index (χ0n) is 11.5. The highest BCUT2D eigenvalue weighted by atomic mass is 35.5. The first-order valence-corrected chi connectivity index (χ1v) is 7.39. The molecule has 1 aliphatic carbocycles. The van der Waals surface area contributed by atoms with E-state index in [2.05, 4.69) is 23.7 Å². The molecule has 0 radical (unpaired) electrons. The molecule has 4 rings (SSSR count). The normalized spacial score (nSPS) is 28.7. The van der Waals surface area contributed by atoms with Crippen molar-refractivity contribution in [3.63, 3.8) is 0 Å². The topological polar surface area (TPSA) is 15.3 Å². The fraction of sp³-hybridized carbons (Fsp3) is 0.500. The van der Waals surface area contributed by atoms with Crippen LogP contribution in [0, 0.1) is 5.92 Å². The molecule has 19 heavy (non-hydrogen) atoms. The summed E-state index contributed by atoms with van der Waals surface area (Å²) in [5.74, 6) is 0.933. The third-order valence-electron chi connectivity index (χ3n) is 4.60. The van der Waals surface area contributed by atoms with Crippen LogP contribution in [0.3, 0.4) is 0 Å². The number of piperidine rings is 2. The monoisotopic (exact) mass is 276 g/mol. The molecule has 2 aliphatic heterocycles. The fourth-order valence-corrected chi connectivity index (χ4v) is 3.78. The summed E-state index contributed by atoms with van der Waals surface area (Å²) in [6.07, 6.45) is 3.94. The van der Waals surface area contributed by atoms with Crippen LogP contribution in [0.2, 0.25) is 5.02 Å². The van der Waals surface area contributed by atoms with Gasteiger partial charge in [-0.15, -0.1) is 0 Å². The number of anilines is 1. The summed E-state index contributed by atoms with van der Waals surface area (Å²) < 4.78 is 0. The zero-order chi connectivity index (χ0) is 13.5. The van der Waals surface area contributed by atoms with E-state index in [9.17, 15) is 0 Å². The minimum absolute atomic E-state index is 0.300. The quantitative estimate of drug-likeness (QED) is 0.889. The van der Waals surface area contributed by atoms with Crippen LogP contribution in [0.5, 0.6) is 0 Å². The lowest BCUT2D eigenvalue weighted by Gasteiger charge is -2.60. The minimum atomic E-state index is 0.300. The summed E-state index contributed by atoms with van der Waals surface area (Å²) in [4.78, 5) is 2.51. The lowest BCUT2D eigenvalue weighted by Crippen LogP contribution is -2.64. The van der Waals surface area contributed by atoms with Gasteiger partial charge >= 0.3 is 0 Å². The number of hydrogen-bond acceptors (Lipinski definition) is 2. The molecule has 2 saturated heterocycles. The predicted octanol–water partition coefficient (Wildman–Crippen LogP) is 4.14. The Hall–Kier alpha value is -1.15. The van der Waals surface area contributed by atoms with Crippen LogP contribution in [-0.2, 0) is 0 Å². The molecule has 1 aromatic carbocycles. The highest BCUT2D eigenvalue weighted by molar-refractivity contribution is 6.30. The number of allylic oxidation sites excluding steroid dienone is 1. The zero-order valence-corrected chi connectivity index (χ0v) is 12.2. The van der Waals surface area contributed by atoms with E-state index >= 15 is 0 Å². The van der Waals surface area contributed by atoms with Gasteiger partial charge < -0.3 is 10.2 Å². The van der Waals surface area contributed by atoms with E-state index < -0.39 is 0 Å². The molecule has 1 N–H and O–H groups in total. The summed E-state index contributed by atoms with van der Waals surface area (Å²) in [6.45, 7) is 8.44. The van der Waals surface area contributed by atoms with Crippen molar-refractivity contribution in [3.05, 3.63) is 41.6 Å². The van der Waals surface area contributed by atoms with Gasteiger partial charge in [-0.05, 0) is 56.4 Å². The standard InChI is InChI=1S/C16H21ClN2/c1-12(2)19-8-7-13-9-16(19,10-13)11-18-15-5-3-14(17)4-6-15/h3-6,13,18H,1,7-11H2,2H3. The van der Waals surface area contributed by atoms with Crippen LogP contribution in [-0.4, -0.2) is 23.5 Å². The van der Waals surface area contributed by atoms with E-state index in [-0.39, 0.29) is 0 Å². The maximum atomic E-state index is 5.91. The number of nitrogens with one attached hydrogen (secondary N) is 1. The molecule has 3 fully saturated rings. The van der Waals surface area contributed by atoms with Gasteiger partial charge in [0.2, 0.25) is 0 Å². The van der Waals surface area contributed by atoms with Crippen molar-refractivity contribution in [1.29, 1.82) is 0 Å². The van der Waals surface area contributed by atoms with Gasteiger partial charge in [0, 0.05) is 29.5 Å². The predicted molar refractivity (Wildman–Crippen MR) is 81.5 cm³/mol. The molecule has 2 heterocycles. The van der Waals surface area contributed by atoms with Gasteiger partial charge in [-0.25, -0.2) is 0 Å². The van der Waals surface area contributed by atoms with Gasteiger partial charge in [0.25, 0.3) is 0 Å². The fourth-order valence-electron chi connectivity index (χ4n) is 3.66. The molecule has 3 aliphatic rings. The van der Waals surface area contributed by atoms with Crippen molar-refractivity contribution in [2.24, 2.45) is 5.92 Å². The van der Waals surface area contributed by atoms with E-state index in [1.807, 2.05) is 24.3 Å². The number of benzene rings is 1. The van der Waals surface area contributed by atoms with Crippen LogP contribution in [0.1, 0.15) is 26.2 Å². The smallest absolute Gasteiger partial charge is 0.0576 e. The van der Waals surface area contributed by atoms with Gasteiger partial charge in [0.1, 0.15) is 0 Å². The second-order valence-electron chi connectivity index (χ2n) is 6.03. The molecule has 2 bridgehead atoms. The molecule has 0 amide bonds.